The average molecular weight is 463 g/mol. The van der Waals surface area contributed by atoms with E-state index in [4.69, 9.17) is 5.41 Å². The lowest BCUT2D eigenvalue weighted by molar-refractivity contribution is 0.251. The van der Waals surface area contributed by atoms with Crippen LogP contribution in [0.25, 0.3) is 0 Å². The third kappa shape index (κ3) is 5.15. The monoisotopic (exact) mass is 462 g/mol. The number of amidine groups is 1. The number of benzene rings is 2. The number of urea groups is 1. The third-order valence-corrected chi connectivity index (χ3v) is 4.45. The number of hydrogen-bond donors (Lipinski definition) is 4. The molecule has 4 N–H and O–H groups in total. The first-order valence-electron chi connectivity index (χ1n) is 8.40. The summed E-state index contributed by atoms with van der Waals surface area (Å²) in [6.07, 6.45) is 0.637. The van der Waals surface area contributed by atoms with Crippen LogP contribution in [-0.4, -0.2) is 33.9 Å². The molecule has 0 aliphatic rings. The van der Waals surface area contributed by atoms with E-state index in [1.54, 1.807) is 0 Å². The number of carbonyl (C=O) groups excluding carboxylic acids is 1. The second kappa shape index (κ2) is 9.26. The lowest BCUT2D eigenvalue weighted by Crippen LogP contribution is -2.32. The number of nitrogens with zero attached hydrogens (tertiary/aromatic N) is 3. The molecular weight excluding hydrogens is 447 g/mol. The van der Waals surface area contributed by atoms with E-state index in [-0.39, 0.29) is 21.7 Å². The van der Waals surface area contributed by atoms with Crippen LogP contribution in [0.15, 0.2) is 57.6 Å². The Morgan fingerprint density at radius 2 is 2.00 bits per heavy atom. The molecule has 1 heterocycles. The first kappa shape index (κ1) is 20.4. The summed E-state index contributed by atoms with van der Waals surface area (Å²) in [7, 11) is 0. The molecule has 3 aromatic rings. The second-order valence-corrected chi connectivity index (χ2v) is 6.69. The van der Waals surface area contributed by atoms with Gasteiger partial charge in [0.15, 0.2) is 11.5 Å². The van der Waals surface area contributed by atoms with E-state index in [2.05, 4.69) is 41.5 Å². The fraction of sp³-hybridized carbons (Fsp3) is 0.111. The number of amides is 2. The van der Waals surface area contributed by atoms with E-state index < -0.39 is 17.7 Å². The molecule has 0 aliphatic carbocycles. The maximum absolute atomic E-state index is 13.4. The number of hydroxylamine groups is 1. The molecule has 2 aromatic carbocycles. The van der Waals surface area contributed by atoms with Crippen molar-refractivity contribution in [2.75, 3.05) is 16.9 Å². The summed E-state index contributed by atoms with van der Waals surface area (Å²) in [4.78, 5) is 12.1. The fourth-order valence-corrected chi connectivity index (χ4v) is 2.76. The molecule has 0 saturated heterocycles. The van der Waals surface area contributed by atoms with Crippen LogP contribution in [0.3, 0.4) is 0 Å². The molecule has 0 radical (unpaired) electrons. The zero-order valence-electron chi connectivity index (χ0n) is 14.9. The highest BCUT2D eigenvalue weighted by Gasteiger charge is 2.23. The highest BCUT2D eigenvalue weighted by Crippen LogP contribution is 2.24. The molecule has 0 fully saturated rings. The van der Waals surface area contributed by atoms with Gasteiger partial charge in [-0.2, -0.15) is 0 Å². The van der Waals surface area contributed by atoms with Gasteiger partial charge in [0.25, 0.3) is 0 Å². The van der Waals surface area contributed by atoms with Crippen LogP contribution in [0.5, 0.6) is 0 Å². The van der Waals surface area contributed by atoms with Crippen molar-refractivity contribution in [2.45, 2.75) is 6.42 Å². The number of hydrogen-bond acceptors (Lipinski definition) is 6. The number of aromatic nitrogens is 2. The van der Waals surface area contributed by atoms with Gasteiger partial charge in [-0.1, -0.05) is 30.3 Å². The van der Waals surface area contributed by atoms with Crippen molar-refractivity contribution in [3.05, 3.63) is 70.1 Å². The van der Waals surface area contributed by atoms with Crippen LogP contribution in [0, 0.1) is 11.2 Å². The van der Waals surface area contributed by atoms with Crippen LogP contribution in [0.1, 0.15) is 11.3 Å². The van der Waals surface area contributed by atoms with E-state index in [1.165, 1.54) is 12.1 Å². The van der Waals surface area contributed by atoms with Crippen LogP contribution in [0.2, 0.25) is 0 Å². The van der Waals surface area contributed by atoms with Gasteiger partial charge in [-0.05, 0) is 56.4 Å². The highest BCUT2D eigenvalue weighted by atomic mass is 79.9. The van der Waals surface area contributed by atoms with Gasteiger partial charge in [0.1, 0.15) is 5.82 Å². The molecule has 3 rings (SSSR count). The molecular formula is C18H16BrFN6O3. The lowest BCUT2D eigenvalue weighted by atomic mass is 10.1. The Labute approximate surface area is 173 Å². The van der Waals surface area contributed by atoms with Gasteiger partial charge in [0.2, 0.25) is 5.82 Å². The molecule has 0 saturated carbocycles. The van der Waals surface area contributed by atoms with Gasteiger partial charge in [-0.3, -0.25) is 15.9 Å². The average Bonchev–Trinajstić information content (AvgIpc) is 3.17. The molecule has 11 heteroatoms. The lowest BCUT2D eigenvalue weighted by Gasteiger charge is -2.16. The largest absolute Gasteiger partial charge is 0.337 e. The summed E-state index contributed by atoms with van der Waals surface area (Å²) in [5, 5.41) is 30.9. The Morgan fingerprint density at radius 3 is 2.72 bits per heavy atom. The molecule has 0 spiro atoms. The van der Waals surface area contributed by atoms with Crippen molar-refractivity contribution in [2.24, 2.45) is 0 Å². The molecule has 2 amide bonds. The normalized spacial score (nSPS) is 10.4. The molecule has 0 unspecified atom stereocenters. The topological polar surface area (TPSA) is 127 Å². The Balaban J connectivity index is 1.61. The Bertz CT molecular complexity index is 1010. The first-order valence-corrected chi connectivity index (χ1v) is 9.19. The van der Waals surface area contributed by atoms with Crippen molar-refractivity contribution < 1.29 is 19.0 Å². The predicted molar refractivity (Wildman–Crippen MR) is 107 cm³/mol. The quantitative estimate of drug-likeness (QED) is 0.252. The standard InChI is InChI=1S/C18H16BrFN6O3/c19-13-10-12(6-7-14(13)20)26(28)16(21)15-17(25-29-24-15)23-18(27)22-9-8-11-4-2-1-3-5-11/h1-7,10,21,28H,8-9H2,(H2,22,23,25,27). The Kier molecular flexibility index (Phi) is 6.52. The summed E-state index contributed by atoms with van der Waals surface area (Å²) < 4.78 is 18.0. The number of carbonyl (C=O) groups is 1. The van der Waals surface area contributed by atoms with E-state index in [9.17, 15) is 14.4 Å². The summed E-state index contributed by atoms with van der Waals surface area (Å²) in [6.45, 7) is 0.379. The van der Waals surface area contributed by atoms with E-state index in [0.717, 1.165) is 11.6 Å². The van der Waals surface area contributed by atoms with Crippen molar-refractivity contribution >= 4 is 39.3 Å². The maximum Gasteiger partial charge on any atom is 0.320 e. The number of rotatable bonds is 6. The molecule has 29 heavy (non-hydrogen) atoms. The summed E-state index contributed by atoms with van der Waals surface area (Å²) in [6, 6.07) is 12.7. The minimum Gasteiger partial charge on any atom is -0.337 e. The fourth-order valence-electron chi connectivity index (χ4n) is 2.39. The molecule has 0 aliphatic heterocycles. The number of nitrogens with one attached hydrogen (secondary N) is 3. The smallest absolute Gasteiger partial charge is 0.320 e. The van der Waals surface area contributed by atoms with Crippen molar-refractivity contribution in [3.63, 3.8) is 0 Å². The maximum atomic E-state index is 13.4. The minimum atomic E-state index is -0.570. The van der Waals surface area contributed by atoms with Gasteiger partial charge in [0.05, 0.1) is 10.2 Å². The van der Waals surface area contributed by atoms with Gasteiger partial charge < -0.3 is 5.32 Å². The van der Waals surface area contributed by atoms with Crippen LogP contribution < -0.4 is 15.7 Å². The zero-order chi connectivity index (χ0) is 20.8. The highest BCUT2D eigenvalue weighted by molar-refractivity contribution is 9.10. The van der Waals surface area contributed by atoms with Crippen molar-refractivity contribution in [1.82, 2.24) is 15.6 Å². The molecule has 9 nitrogen and oxygen atoms in total. The van der Waals surface area contributed by atoms with Gasteiger partial charge >= 0.3 is 6.03 Å². The van der Waals surface area contributed by atoms with Crippen molar-refractivity contribution in [3.8, 4) is 0 Å². The summed E-state index contributed by atoms with van der Waals surface area (Å²) >= 11 is 3.01. The van der Waals surface area contributed by atoms with Crippen LogP contribution >= 0.6 is 15.9 Å². The third-order valence-electron chi connectivity index (χ3n) is 3.85. The van der Waals surface area contributed by atoms with E-state index in [1.807, 2.05) is 30.3 Å². The van der Waals surface area contributed by atoms with Crippen molar-refractivity contribution in [1.29, 1.82) is 5.41 Å². The summed E-state index contributed by atoms with van der Waals surface area (Å²) in [5.41, 5.74) is 0.968. The molecule has 1 aromatic heterocycles. The second-order valence-electron chi connectivity index (χ2n) is 5.84. The molecule has 0 atom stereocenters. The van der Waals surface area contributed by atoms with Gasteiger partial charge in [-0.25, -0.2) is 18.9 Å². The molecule has 150 valence electrons. The minimum absolute atomic E-state index is 0.101. The van der Waals surface area contributed by atoms with E-state index in [0.29, 0.717) is 18.0 Å². The van der Waals surface area contributed by atoms with Gasteiger partial charge in [0, 0.05) is 6.54 Å². The Morgan fingerprint density at radius 1 is 1.24 bits per heavy atom. The number of halogens is 2. The van der Waals surface area contributed by atoms with E-state index >= 15 is 0 Å². The van der Waals surface area contributed by atoms with Crippen LogP contribution in [0.4, 0.5) is 20.7 Å². The Hall–Kier alpha value is -3.31. The SMILES string of the molecule is N=C(c1nonc1NC(=O)NCCc1ccccc1)N(O)c1ccc(F)c(Br)c1. The number of anilines is 2. The summed E-state index contributed by atoms with van der Waals surface area (Å²) in [5.74, 6) is -1.19. The first-order chi connectivity index (χ1) is 14.0. The zero-order valence-corrected chi connectivity index (χ0v) is 16.5. The van der Waals surface area contributed by atoms with Gasteiger partial charge in [-0.15, -0.1) is 0 Å². The molecule has 0 bridgehead atoms. The van der Waals surface area contributed by atoms with Crippen LogP contribution in [-0.2, 0) is 6.42 Å². The predicted octanol–water partition coefficient (Wildman–Crippen LogP) is 3.56.